The fourth-order valence-electron chi connectivity index (χ4n) is 3.93. The Bertz CT molecular complexity index is 1080. The molecule has 0 bridgehead atoms. The van der Waals surface area contributed by atoms with Gasteiger partial charge in [-0.2, -0.15) is 5.26 Å². The average molecular weight is 443 g/mol. The first-order chi connectivity index (χ1) is 14.4. The molecule has 154 valence electrons. The maximum Gasteiger partial charge on any atom is 0.231 e. The van der Waals surface area contributed by atoms with Crippen molar-refractivity contribution in [3.8, 4) is 17.6 Å². The van der Waals surface area contributed by atoms with E-state index in [2.05, 4.69) is 6.07 Å². The Morgan fingerprint density at radius 2 is 1.97 bits per heavy atom. The van der Waals surface area contributed by atoms with Gasteiger partial charge >= 0.3 is 0 Å². The molecule has 30 heavy (non-hydrogen) atoms. The summed E-state index contributed by atoms with van der Waals surface area (Å²) in [7, 11) is 3.10. The molecule has 2 aromatic carbocycles. The van der Waals surface area contributed by atoms with E-state index in [1.54, 1.807) is 56.7 Å². The lowest BCUT2D eigenvalue weighted by Crippen LogP contribution is -2.48. The third kappa shape index (κ3) is 3.21. The lowest BCUT2D eigenvalue weighted by molar-refractivity contribution is -0.149. The Balaban J connectivity index is 1.83. The molecule has 0 saturated carbocycles. The van der Waals surface area contributed by atoms with Crippen molar-refractivity contribution in [3.05, 3.63) is 69.2 Å². The van der Waals surface area contributed by atoms with Gasteiger partial charge in [-0.25, -0.2) is 0 Å². The van der Waals surface area contributed by atoms with Crippen LogP contribution >= 0.6 is 23.4 Å². The van der Waals surface area contributed by atoms with E-state index in [0.717, 1.165) is 0 Å². The summed E-state index contributed by atoms with van der Waals surface area (Å²) in [4.78, 5) is 14.6. The number of amides is 1. The number of nitrogens with zero attached hydrogens (tertiary/aromatic N) is 2. The molecular weight excluding hydrogens is 424 g/mol. The zero-order valence-electron chi connectivity index (χ0n) is 16.4. The summed E-state index contributed by atoms with van der Waals surface area (Å²) in [6, 6.07) is 14.3. The van der Waals surface area contributed by atoms with E-state index in [1.807, 2.05) is 0 Å². The van der Waals surface area contributed by atoms with E-state index < -0.39 is 11.6 Å². The molecule has 2 aliphatic heterocycles. The van der Waals surface area contributed by atoms with E-state index in [-0.39, 0.29) is 18.1 Å². The maximum absolute atomic E-state index is 13.2. The van der Waals surface area contributed by atoms with Crippen LogP contribution in [0.25, 0.3) is 0 Å². The molecule has 0 aromatic heterocycles. The van der Waals surface area contributed by atoms with Crippen LogP contribution in [-0.4, -0.2) is 35.9 Å². The largest absolute Gasteiger partial charge is 0.497 e. The number of rotatable bonds is 4. The van der Waals surface area contributed by atoms with Crippen molar-refractivity contribution in [1.82, 2.24) is 4.90 Å². The second-order valence-corrected chi connectivity index (χ2v) is 8.44. The average Bonchev–Trinajstić information content (AvgIpc) is 3.12. The van der Waals surface area contributed by atoms with Crippen LogP contribution in [0.4, 0.5) is 0 Å². The molecule has 8 heteroatoms. The number of allylic oxidation sites excluding steroid dienone is 1. The van der Waals surface area contributed by atoms with Gasteiger partial charge in [0.15, 0.2) is 5.72 Å². The molecule has 2 heterocycles. The number of aliphatic hydroxyl groups is 1. The SMILES string of the molecule is COc1ccc(OC)c([C@@H]2CC(=O)N3C(=C2C#N)SC[C@@]3(O)c2ccc(Cl)cc2)c1. The van der Waals surface area contributed by atoms with Crippen LogP contribution in [-0.2, 0) is 10.5 Å². The third-order valence-electron chi connectivity index (χ3n) is 5.43. The summed E-state index contributed by atoms with van der Waals surface area (Å²) in [5.41, 5.74) is 0.151. The predicted octanol–water partition coefficient (Wildman–Crippen LogP) is 4.00. The highest BCUT2D eigenvalue weighted by atomic mass is 35.5. The summed E-state index contributed by atoms with van der Waals surface area (Å²) in [6.45, 7) is 0. The highest BCUT2D eigenvalue weighted by molar-refractivity contribution is 8.03. The summed E-state index contributed by atoms with van der Waals surface area (Å²) in [6.07, 6.45) is 0.0341. The molecule has 1 saturated heterocycles. The van der Waals surface area contributed by atoms with Gasteiger partial charge in [0.2, 0.25) is 5.91 Å². The number of hydrogen-bond donors (Lipinski definition) is 1. The van der Waals surface area contributed by atoms with Gasteiger partial charge < -0.3 is 14.6 Å². The molecule has 0 spiro atoms. The Labute approximate surface area is 183 Å². The normalized spacial score (nSPS) is 23.2. The molecule has 1 N–H and O–H groups in total. The summed E-state index contributed by atoms with van der Waals surface area (Å²) < 4.78 is 10.8. The van der Waals surface area contributed by atoms with Crippen molar-refractivity contribution >= 4 is 29.3 Å². The minimum absolute atomic E-state index is 0.0341. The minimum Gasteiger partial charge on any atom is -0.497 e. The molecule has 2 aliphatic rings. The quantitative estimate of drug-likeness (QED) is 0.770. The third-order valence-corrected chi connectivity index (χ3v) is 6.90. The molecule has 2 atom stereocenters. The maximum atomic E-state index is 13.2. The van der Waals surface area contributed by atoms with Gasteiger partial charge in [0.25, 0.3) is 0 Å². The van der Waals surface area contributed by atoms with E-state index in [0.29, 0.717) is 38.3 Å². The Morgan fingerprint density at radius 1 is 1.23 bits per heavy atom. The second kappa shape index (κ2) is 7.88. The number of thioether (sulfide) groups is 1. The molecule has 6 nitrogen and oxygen atoms in total. The van der Waals surface area contributed by atoms with Crippen LogP contribution in [0.1, 0.15) is 23.5 Å². The Kier molecular flexibility index (Phi) is 5.41. The van der Waals surface area contributed by atoms with Crippen LogP contribution < -0.4 is 9.47 Å². The molecule has 1 amide bonds. The first-order valence-corrected chi connectivity index (χ1v) is 10.6. The number of nitriles is 1. The van der Waals surface area contributed by atoms with Gasteiger partial charge in [-0.15, -0.1) is 11.8 Å². The summed E-state index contributed by atoms with van der Waals surface area (Å²) in [5, 5.41) is 22.4. The number of benzene rings is 2. The molecule has 2 aromatic rings. The van der Waals surface area contributed by atoms with Crippen LogP contribution in [0.5, 0.6) is 11.5 Å². The van der Waals surface area contributed by atoms with Gasteiger partial charge in [0.05, 0.1) is 36.6 Å². The fourth-order valence-corrected chi connectivity index (χ4v) is 5.42. The smallest absolute Gasteiger partial charge is 0.231 e. The highest BCUT2D eigenvalue weighted by Crippen LogP contribution is 2.52. The lowest BCUT2D eigenvalue weighted by atomic mass is 9.85. The number of hydrogen-bond acceptors (Lipinski definition) is 6. The molecule has 1 fully saturated rings. The number of carbonyl (C=O) groups excluding carboxylic acids is 1. The summed E-state index contributed by atoms with van der Waals surface area (Å²) in [5.74, 6) is 0.661. The van der Waals surface area contributed by atoms with E-state index >= 15 is 0 Å². The van der Waals surface area contributed by atoms with Crippen molar-refractivity contribution in [2.75, 3.05) is 20.0 Å². The number of ether oxygens (including phenoxy) is 2. The van der Waals surface area contributed by atoms with Crippen molar-refractivity contribution in [2.45, 2.75) is 18.1 Å². The number of halogens is 1. The summed E-state index contributed by atoms with van der Waals surface area (Å²) >= 11 is 7.27. The number of fused-ring (bicyclic) bond motifs is 1. The monoisotopic (exact) mass is 442 g/mol. The standard InChI is InChI=1S/C22H19ClN2O4S/c1-28-15-7-8-19(29-2)17(9-15)16-10-20(26)25-21(18(16)11-24)30-12-22(25,27)13-3-5-14(23)6-4-13/h3-9,16,27H,10,12H2,1-2H3/t16-,22+/m0/s1. The zero-order chi connectivity index (χ0) is 21.5. The lowest BCUT2D eigenvalue weighted by Gasteiger charge is -2.38. The van der Waals surface area contributed by atoms with Crippen LogP contribution in [0.2, 0.25) is 5.02 Å². The molecular formula is C22H19ClN2O4S. The molecule has 4 rings (SSSR count). The number of carbonyl (C=O) groups is 1. The van der Waals surface area contributed by atoms with Gasteiger partial charge in [-0.1, -0.05) is 23.7 Å². The Hall–Kier alpha value is -2.66. The Morgan fingerprint density at radius 3 is 2.60 bits per heavy atom. The van der Waals surface area contributed by atoms with Gasteiger partial charge in [0, 0.05) is 28.5 Å². The van der Waals surface area contributed by atoms with Crippen molar-refractivity contribution in [3.63, 3.8) is 0 Å². The minimum atomic E-state index is -1.53. The molecule has 0 radical (unpaired) electrons. The first-order valence-electron chi connectivity index (χ1n) is 9.23. The number of methoxy groups -OCH3 is 2. The van der Waals surface area contributed by atoms with E-state index in [1.165, 1.54) is 16.7 Å². The van der Waals surface area contributed by atoms with E-state index in [9.17, 15) is 15.2 Å². The van der Waals surface area contributed by atoms with Gasteiger partial charge in [-0.3, -0.25) is 9.69 Å². The van der Waals surface area contributed by atoms with Gasteiger partial charge in [-0.05, 0) is 30.3 Å². The van der Waals surface area contributed by atoms with Crippen molar-refractivity contribution in [1.29, 1.82) is 5.26 Å². The van der Waals surface area contributed by atoms with E-state index in [4.69, 9.17) is 21.1 Å². The molecule has 0 unspecified atom stereocenters. The topological polar surface area (TPSA) is 82.8 Å². The van der Waals surface area contributed by atoms with Crippen molar-refractivity contribution < 1.29 is 19.4 Å². The fraction of sp³-hybridized carbons (Fsp3) is 0.273. The van der Waals surface area contributed by atoms with Crippen LogP contribution in [0.3, 0.4) is 0 Å². The van der Waals surface area contributed by atoms with Gasteiger partial charge in [0.1, 0.15) is 11.5 Å². The van der Waals surface area contributed by atoms with Crippen LogP contribution in [0.15, 0.2) is 53.1 Å². The zero-order valence-corrected chi connectivity index (χ0v) is 18.0. The first kappa shape index (κ1) is 20.6. The predicted molar refractivity (Wildman–Crippen MR) is 114 cm³/mol. The molecule has 0 aliphatic carbocycles. The second-order valence-electron chi connectivity index (χ2n) is 7.04. The van der Waals surface area contributed by atoms with Crippen molar-refractivity contribution in [2.24, 2.45) is 0 Å². The van der Waals surface area contributed by atoms with Crippen LogP contribution in [0, 0.1) is 11.3 Å². The highest BCUT2D eigenvalue weighted by Gasteiger charge is 2.52.